The summed E-state index contributed by atoms with van der Waals surface area (Å²) in [5.41, 5.74) is 1.03. The van der Waals surface area contributed by atoms with Crippen LogP contribution in [0.4, 0.5) is 11.4 Å². The van der Waals surface area contributed by atoms with Crippen LogP contribution in [0.3, 0.4) is 0 Å². The molecule has 0 aromatic heterocycles. The van der Waals surface area contributed by atoms with Gasteiger partial charge in [-0.2, -0.15) is 0 Å². The van der Waals surface area contributed by atoms with Crippen LogP contribution in [0.15, 0.2) is 24.3 Å². The largest absolute Gasteiger partial charge is 0.382 e. The Kier molecular flexibility index (Phi) is 2.91. The van der Waals surface area contributed by atoms with Crippen LogP contribution in [0.2, 0.25) is 0 Å². The van der Waals surface area contributed by atoms with Crippen molar-refractivity contribution in [2.75, 3.05) is 25.0 Å². The zero-order valence-corrected chi connectivity index (χ0v) is 10.2. The zero-order chi connectivity index (χ0) is 12.5. The van der Waals surface area contributed by atoms with Crippen LogP contribution >= 0.6 is 0 Å². The van der Waals surface area contributed by atoms with Crippen LogP contribution in [-0.4, -0.2) is 35.5 Å². The van der Waals surface area contributed by atoms with Gasteiger partial charge in [-0.3, -0.25) is 10.1 Å². The predicted octanol–water partition coefficient (Wildman–Crippen LogP) is 2.10. The van der Waals surface area contributed by atoms with Gasteiger partial charge in [-0.25, -0.2) is 0 Å². The molecule has 1 aromatic rings. The van der Waals surface area contributed by atoms with Gasteiger partial charge in [0.2, 0.25) is 0 Å². The predicted molar refractivity (Wildman–Crippen MR) is 69.7 cm³/mol. The second kappa shape index (κ2) is 4.57. The topological polar surface area (TPSA) is 58.4 Å². The highest BCUT2D eigenvalue weighted by atomic mass is 16.6. The number of rotatable bonds is 3. The molecule has 3 atom stereocenters. The Bertz CT molecular complexity index is 463. The van der Waals surface area contributed by atoms with Gasteiger partial charge in [0.25, 0.3) is 5.69 Å². The van der Waals surface area contributed by atoms with E-state index in [4.69, 9.17) is 0 Å². The lowest BCUT2D eigenvalue weighted by Crippen LogP contribution is -2.39. The molecule has 3 unspecified atom stereocenters. The summed E-state index contributed by atoms with van der Waals surface area (Å²) < 4.78 is 0. The average molecular weight is 247 g/mol. The molecule has 0 radical (unpaired) electrons. The van der Waals surface area contributed by atoms with Gasteiger partial charge < -0.3 is 10.2 Å². The molecule has 96 valence electrons. The first-order chi connectivity index (χ1) is 8.72. The zero-order valence-electron chi connectivity index (χ0n) is 10.2. The molecule has 2 fully saturated rings. The normalized spacial score (nSPS) is 30.1. The Morgan fingerprint density at radius 1 is 1.33 bits per heavy atom. The molecular formula is C13H17N3O2. The van der Waals surface area contributed by atoms with Crippen LogP contribution in [-0.2, 0) is 0 Å². The van der Waals surface area contributed by atoms with Crippen molar-refractivity contribution in [2.24, 2.45) is 5.92 Å². The van der Waals surface area contributed by atoms with Gasteiger partial charge in [0.15, 0.2) is 0 Å². The number of benzene rings is 1. The minimum atomic E-state index is -0.344. The maximum atomic E-state index is 10.7. The first-order valence-electron chi connectivity index (χ1n) is 6.46. The van der Waals surface area contributed by atoms with E-state index in [9.17, 15) is 10.1 Å². The third-order valence-electron chi connectivity index (χ3n) is 4.04. The smallest absolute Gasteiger partial charge is 0.271 e. The van der Waals surface area contributed by atoms with E-state index in [-0.39, 0.29) is 10.6 Å². The minimum absolute atomic E-state index is 0.156. The van der Waals surface area contributed by atoms with Gasteiger partial charge in [0.05, 0.1) is 4.92 Å². The molecule has 3 rings (SSSR count). The van der Waals surface area contributed by atoms with Gasteiger partial charge in [0.1, 0.15) is 0 Å². The summed E-state index contributed by atoms with van der Waals surface area (Å²) in [4.78, 5) is 12.9. The lowest BCUT2D eigenvalue weighted by Gasteiger charge is -2.31. The minimum Gasteiger partial charge on any atom is -0.382 e. The maximum Gasteiger partial charge on any atom is 0.271 e. The highest BCUT2D eigenvalue weighted by molar-refractivity contribution is 5.51. The van der Waals surface area contributed by atoms with Crippen LogP contribution in [0, 0.1) is 16.0 Å². The molecule has 2 aliphatic heterocycles. The fraction of sp³-hybridized carbons (Fsp3) is 0.538. The third-order valence-corrected chi connectivity index (χ3v) is 4.04. The van der Waals surface area contributed by atoms with Crippen LogP contribution < -0.4 is 5.32 Å². The third kappa shape index (κ3) is 2.18. The first kappa shape index (κ1) is 11.5. The van der Waals surface area contributed by atoms with E-state index in [1.165, 1.54) is 25.6 Å². The van der Waals surface area contributed by atoms with Crippen molar-refractivity contribution < 1.29 is 4.92 Å². The quantitative estimate of drug-likeness (QED) is 0.656. The Hall–Kier alpha value is -1.62. The van der Waals surface area contributed by atoms with Crippen molar-refractivity contribution >= 4 is 11.4 Å². The van der Waals surface area contributed by atoms with Crippen LogP contribution in [0.1, 0.15) is 12.8 Å². The number of nitrogens with one attached hydrogen (secondary N) is 1. The number of piperidine rings is 1. The number of nitrogens with zero attached hydrogens (tertiary/aromatic N) is 2. The van der Waals surface area contributed by atoms with E-state index in [1.807, 2.05) is 6.07 Å². The van der Waals surface area contributed by atoms with Crippen molar-refractivity contribution in [1.29, 1.82) is 0 Å². The second-order valence-corrected chi connectivity index (χ2v) is 5.20. The van der Waals surface area contributed by atoms with Gasteiger partial charge in [-0.15, -0.1) is 0 Å². The molecule has 0 saturated carbocycles. The molecular weight excluding hydrogens is 230 g/mol. The summed E-state index contributed by atoms with van der Waals surface area (Å²) in [6.07, 6.45) is 2.37. The fourth-order valence-electron chi connectivity index (χ4n) is 3.06. The molecule has 5 nitrogen and oxygen atoms in total. The molecule has 0 spiro atoms. The number of nitro benzene ring substituents is 1. The lowest BCUT2D eigenvalue weighted by atomic mass is 9.94. The molecule has 2 aliphatic rings. The standard InChI is InChI=1S/C13H17N3O2/c17-16(18)12-3-1-2-11(8-12)14-13-5-7-15-6-4-10(13)9-15/h1-3,8,10,13-14H,4-7,9H2. The number of anilines is 1. The fourth-order valence-corrected chi connectivity index (χ4v) is 3.06. The van der Waals surface area contributed by atoms with E-state index in [2.05, 4.69) is 10.2 Å². The van der Waals surface area contributed by atoms with Crippen molar-refractivity contribution in [3.8, 4) is 0 Å². The van der Waals surface area contributed by atoms with Crippen molar-refractivity contribution in [3.05, 3.63) is 34.4 Å². The van der Waals surface area contributed by atoms with Crippen LogP contribution in [0.25, 0.3) is 0 Å². The van der Waals surface area contributed by atoms with Gasteiger partial charge >= 0.3 is 0 Å². The van der Waals surface area contributed by atoms with E-state index in [1.54, 1.807) is 12.1 Å². The maximum absolute atomic E-state index is 10.7. The molecule has 1 aromatic carbocycles. The SMILES string of the molecule is O=[N+]([O-])c1cccc(NC2CCN3CCC2C3)c1. The summed E-state index contributed by atoms with van der Waals surface area (Å²) in [7, 11) is 0. The van der Waals surface area contributed by atoms with E-state index < -0.39 is 0 Å². The Balaban J connectivity index is 1.72. The molecule has 18 heavy (non-hydrogen) atoms. The van der Waals surface area contributed by atoms with Gasteiger partial charge in [-0.1, -0.05) is 6.07 Å². The highest BCUT2D eigenvalue weighted by Gasteiger charge is 2.34. The van der Waals surface area contributed by atoms with Gasteiger partial charge in [0, 0.05) is 37.0 Å². The van der Waals surface area contributed by atoms with Crippen molar-refractivity contribution in [2.45, 2.75) is 18.9 Å². The Morgan fingerprint density at radius 3 is 3.00 bits per heavy atom. The summed E-state index contributed by atoms with van der Waals surface area (Å²) in [6.45, 7) is 3.52. The molecule has 2 saturated heterocycles. The average Bonchev–Trinajstić information content (AvgIpc) is 2.76. The molecule has 2 bridgehead atoms. The summed E-state index contributed by atoms with van der Waals surface area (Å²) in [5, 5.41) is 14.2. The summed E-state index contributed by atoms with van der Waals surface area (Å²) in [6, 6.07) is 7.27. The number of hydrogen-bond acceptors (Lipinski definition) is 4. The number of hydrogen-bond donors (Lipinski definition) is 1. The van der Waals surface area contributed by atoms with E-state index in [0.717, 1.165) is 18.7 Å². The summed E-state index contributed by atoms with van der Waals surface area (Å²) in [5.74, 6) is 0.693. The molecule has 0 amide bonds. The van der Waals surface area contributed by atoms with Crippen molar-refractivity contribution in [3.63, 3.8) is 0 Å². The van der Waals surface area contributed by atoms with E-state index >= 15 is 0 Å². The molecule has 2 heterocycles. The number of non-ortho nitro benzene ring substituents is 1. The number of fused-ring (bicyclic) bond motifs is 2. The molecule has 1 N–H and O–H groups in total. The second-order valence-electron chi connectivity index (χ2n) is 5.20. The monoisotopic (exact) mass is 247 g/mol. The van der Waals surface area contributed by atoms with Crippen LogP contribution in [0.5, 0.6) is 0 Å². The van der Waals surface area contributed by atoms with Crippen molar-refractivity contribution in [1.82, 2.24) is 4.90 Å². The Labute approximate surface area is 106 Å². The van der Waals surface area contributed by atoms with Gasteiger partial charge in [-0.05, 0) is 31.4 Å². The number of nitro groups is 1. The summed E-state index contributed by atoms with van der Waals surface area (Å²) >= 11 is 0. The molecule has 0 aliphatic carbocycles. The highest BCUT2D eigenvalue weighted by Crippen LogP contribution is 2.30. The lowest BCUT2D eigenvalue weighted by molar-refractivity contribution is -0.384. The first-order valence-corrected chi connectivity index (χ1v) is 6.46. The van der Waals surface area contributed by atoms with E-state index in [0.29, 0.717) is 12.0 Å². The molecule has 5 heteroatoms. The Morgan fingerprint density at radius 2 is 2.17 bits per heavy atom.